The molecule has 0 fully saturated rings. The molecule has 2 aromatic rings. The van der Waals surface area contributed by atoms with E-state index >= 15 is 0 Å². The molecule has 2 amide bonds. The molecule has 25 heavy (non-hydrogen) atoms. The summed E-state index contributed by atoms with van der Waals surface area (Å²) in [6.45, 7) is 0. The Hall–Kier alpha value is -2.57. The van der Waals surface area contributed by atoms with Crippen molar-refractivity contribution >= 4 is 23.4 Å². The van der Waals surface area contributed by atoms with E-state index in [0.29, 0.717) is 21.9 Å². The molecule has 0 saturated carbocycles. The fourth-order valence-electron chi connectivity index (χ4n) is 2.33. The van der Waals surface area contributed by atoms with Gasteiger partial charge in [0.2, 0.25) is 5.91 Å². The minimum absolute atomic E-state index is 0.145. The number of nitrogens with one attached hydrogen (secondary N) is 1. The van der Waals surface area contributed by atoms with Gasteiger partial charge < -0.3 is 20.9 Å². The Morgan fingerprint density at radius 3 is 2.48 bits per heavy atom. The molecule has 0 unspecified atom stereocenters. The summed E-state index contributed by atoms with van der Waals surface area (Å²) in [5.41, 5.74) is 6.50. The number of amides is 2. The summed E-state index contributed by atoms with van der Waals surface area (Å²) in [7, 11) is 1.50. The quantitative estimate of drug-likeness (QED) is 0.696. The minimum Gasteiger partial charge on any atom is -0.495 e. The number of hydrogen-bond donors (Lipinski definition) is 3. The number of aliphatic hydroxyl groups excluding tert-OH is 1. The van der Waals surface area contributed by atoms with Crippen LogP contribution in [0, 0.1) is 0 Å². The first-order valence-corrected chi connectivity index (χ1v) is 7.95. The number of rotatable bonds is 7. The fourth-order valence-corrected chi connectivity index (χ4v) is 2.61. The molecule has 0 saturated heterocycles. The number of aliphatic hydroxyl groups is 1. The van der Waals surface area contributed by atoms with Gasteiger partial charge in [-0.05, 0) is 23.3 Å². The predicted octanol–water partition coefficient (Wildman–Crippen LogP) is 1.59. The van der Waals surface area contributed by atoms with E-state index < -0.39 is 24.0 Å². The highest BCUT2D eigenvalue weighted by Crippen LogP contribution is 2.25. The van der Waals surface area contributed by atoms with Gasteiger partial charge in [-0.2, -0.15) is 0 Å². The van der Waals surface area contributed by atoms with Crippen molar-refractivity contribution in [3.05, 3.63) is 64.7 Å². The van der Waals surface area contributed by atoms with Gasteiger partial charge in [0.1, 0.15) is 11.8 Å². The third-order valence-corrected chi connectivity index (χ3v) is 3.97. The van der Waals surface area contributed by atoms with Crippen LogP contribution in [0.5, 0.6) is 5.75 Å². The molecule has 0 radical (unpaired) electrons. The van der Waals surface area contributed by atoms with E-state index in [-0.39, 0.29) is 6.42 Å². The Bertz CT molecular complexity index is 752. The van der Waals surface area contributed by atoms with Crippen LogP contribution in [0.1, 0.15) is 17.2 Å². The molecule has 0 aromatic heterocycles. The summed E-state index contributed by atoms with van der Waals surface area (Å²) in [5.74, 6) is -0.903. The second-order valence-electron chi connectivity index (χ2n) is 5.45. The maximum Gasteiger partial charge on any atom is 0.254 e. The molecule has 132 valence electrons. The third kappa shape index (κ3) is 4.95. The van der Waals surface area contributed by atoms with E-state index in [1.807, 2.05) is 0 Å². The molecular formula is C18H19ClN2O4. The van der Waals surface area contributed by atoms with Gasteiger partial charge >= 0.3 is 0 Å². The van der Waals surface area contributed by atoms with Crippen LogP contribution in [0.25, 0.3) is 0 Å². The van der Waals surface area contributed by atoms with Crippen molar-refractivity contribution in [2.24, 2.45) is 5.73 Å². The molecule has 0 aliphatic rings. The largest absolute Gasteiger partial charge is 0.495 e. The van der Waals surface area contributed by atoms with E-state index in [1.165, 1.54) is 7.11 Å². The topological polar surface area (TPSA) is 102 Å². The Morgan fingerprint density at radius 2 is 1.92 bits per heavy atom. The molecule has 0 heterocycles. The zero-order chi connectivity index (χ0) is 18.4. The van der Waals surface area contributed by atoms with Gasteiger partial charge in [0, 0.05) is 6.42 Å². The smallest absolute Gasteiger partial charge is 0.254 e. The molecule has 0 aliphatic carbocycles. The number of benzene rings is 2. The number of carbonyl (C=O) groups excluding carboxylic acids is 2. The van der Waals surface area contributed by atoms with Crippen LogP contribution < -0.4 is 15.8 Å². The highest BCUT2D eigenvalue weighted by atomic mass is 35.5. The first-order chi connectivity index (χ1) is 11.9. The maximum atomic E-state index is 12.2. The van der Waals surface area contributed by atoms with Crippen LogP contribution in [0.3, 0.4) is 0 Å². The molecular weight excluding hydrogens is 344 g/mol. The van der Waals surface area contributed by atoms with Gasteiger partial charge in [0.25, 0.3) is 5.91 Å². The van der Waals surface area contributed by atoms with Crippen LogP contribution in [-0.4, -0.2) is 30.1 Å². The van der Waals surface area contributed by atoms with Crippen molar-refractivity contribution in [1.29, 1.82) is 0 Å². The SMILES string of the molecule is COc1ccc(C[C@H](NC(=O)[C@@H](O)c2ccccc2)C(N)=O)cc1Cl. The summed E-state index contributed by atoms with van der Waals surface area (Å²) >= 11 is 6.06. The lowest BCUT2D eigenvalue weighted by atomic mass is 10.0. The van der Waals surface area contributed by atoms with Crippen LogP contribution >= 0.6 is 11.6 Å². The fraction of sp³-hybridized carbons (Fsp3) is 0.222. The van der Waals surface area contributed by atoms with Crippen molar-refractivity contribution in [3.63, 3.8) is 0 Å². The molecule has 2 aromatic carbocycles. The lowest BCUT2D eigenvalue weighted by molar-refractivity contribution is -0.133. The highest BCUT2D eigenvalue weighted by molar-refractivity contribution is 6.32. The standard InChI is InChI=1S/C18H19ClN2O4/c1-25-15-8-7-11(9-13(15)19)10-14(17(20)23)21-18(24)16(22)12-5-3-2-4-6-12/h2-9,14,16,22H,10H2,1H3,(H2,20,23)(H,21,24)/t14-,16-/m0/s1. The summed E-state index contributed by atoms with van der Waals surface area (Å²) in [6.07, 6.45) is -1.24. The number of hydrogen-bond acceptors (Lipinski definition) is 4. The van der Waals surface area contributed by atoms with Gasteiger partial charge in [0.05, 0.1) is 12.1 Å². The lowest BCUT2D eigenvalue weighted by Gasteiger charge is -2.18. The van der Waals surface area contributed by atoms with E-state index in [4.69, 9.17) is 22.1 Å². The number of methoxy groups -OCH3 is 1. The number of ether oxygens (including phenoxy) is 1. The normalized spacial score (nSPS) is 12.9. The Kier molecular flexibility index (Phi) is 6.38. The van der Waals surface area contributed by atoms with Crippen LogP contribution in [0.4, 0.5) is 0 Å². The number of nitrogens with two attached hydrogens (primary N) is 1. The van der Waals surface area contributed by atoms with Crippen molar-refractivity contribution in [3.8, 4) is 5.75 Å². The monoisotopic (exact) mass is 362 g/mol. The summed E-state index contributed by atoms with van der Waals surface area (Å²) < 4.78 is 5.07. The Labute approximate surface area is 150 Å². The van der Waals surface area contributed by atoms with Gasteiger partial charge in [-0.3, -0.25) is 9.59 Å². The van der Waals surface area contributed by atoms with Crippen molar-refractivity contribution in [1.82, 2.24) is 5.32 Å². The number of primary amides is 1. The van der Waals surface area contributed by atoms with Crippen molar-refractivity contribution in [2.45, 2.75) is 18.6 Å². The maximum absolute atomic E-state index is 12.2. The minimum atomic E-state index is -1.39. The molecule has 0 spiro atoms. The van der Waals surface area contributed by atoms with Gasteiger partial charge in [0.15, 0.2) is 6.10 Å². The second kappa shape index (κ2) is 8.50. The van der Waals surface area contributed by atoms with Crippen molar-refractivity contribution < 1.29 is 19.4 Å². The average molecular weight is 363 g/mol. The van der Waals surface area contributed by atoms with Gasteiger partial charge in [-0.1, -0.05) is 48.0 Å². The lowest BCUT2D eigenvalue weighted by Crippen LogP contribution is -2.47. The molecule has 7 heteroatoms. The zero-order valence-corrected chi connectivity index (χ0v) is 14.4. The second-order valence-corrected chi connectivity index (χ2v) is 5.86. The van der Waals surface area contributed by atoms with Gasteiger partial charge in [-0.15, -0.1) is 0 Å². The Morgan fingerprint density at radius 1 is 1.24 bits per heavy atom. The molecule has 2 atom stereocenters. The molecule has 0 aliphatic heterocycles. The Balaban J connectivity index is 2.09. The average Bonchev–Trinajstić information content (AvgIpc) is 2.61. The zero-order valence-electron chi connectivity index (χ0n) is 13.6. The summed E-state index contributed by atoms with van der Waals surface area (Å²) in [4.78, 5) is 23.9. The number of carbonyl (C=O) groups is 2. The summed E-state index contributed by atoms with van der Waals surface area (Å²) in [5, 5.41) is 13.0. The number of halogens is 1. The van der Waals surface area contributed by atoms with Gasteiger partial charge in [-0.25, -0.2) is 0 Å². The first kappa shape index (κ1) is 18.8. The molecule has 4 N–H and O–H groups in total. The van der Waals surface area contributed by atoms with Crippen LogP contribution in [0.2, 0.25) is 5.02 Å². The van der Waals surface area contributed by atoms with E-state index in [9.17, 15) is 14.7 Å². The van der Waals surface area contributed by atoms with E-state index in [1.54, 1.807) is 48.5 Å². The molecule has 0 bridgehead atoms. The predicted molar refractivity (Wildman–Crippen MR) is 94.2 cm³/mol. The molecule has 2 rings (SSSR count). The molecule has 6 nitrogen and oxygen atoms in total. The van der Waals surface area contributed by atoms with Crippen LogP contribution in [0.15, 0.2) is 48.5 Å². The van der Waals surface area contributed by atoms with Crippen LogP contribution in [-0.2, 0) is 16.0 Å². The highest BCUT2D eigenvalue weighted by Gasteiger charge is 2.24. The van der Waals surface area contributed by atoms with Crippen molar-refractivity contribution in [2.75, 3.05) is 7.11 Å². The first-order valence-electron chi connectivity index (χ1n) is 7.57. The third-order valence-electron chi connectivity index (χ3n) is 3.68. The van der Waals surface area contributed by atoms with E-state index in [0.717, 1.165) is 0 Å². The summed E-state index contributed by atoms with van der Waals surface area (Å²) in [6, 6.07) is 12.5. The van der Waals surface area contributed by atoms with E-state index in [2.05, 4.69) is 5.32 Å².